The van der Waals surface area contributed by atoms with E-state index in [1.807, 2.05) is 0 Å². The van der Waals surface area contributed by atoms with Gasteiger partial charge in [-0.3, -0.25) is 0 Å². The van der Waals surface area contributed by atoms with Crippen molar-refractivity contribution in [2.24, 2.45) is 0 Å². The van der Waals surface area contributed by atoms with E-state index in [0.29, 0.717) is 5.88 Å². The number of anilines is 1. The van der Waals surface area contributed by atoms with Gasteiger partial charge >= 0.3 is 0 Å². The van der Waals surface area contributed by atoms with Crippen molar-refractivity contribution in [2.45, 2.75) is 32.7 Å². The first kappa shape index (κ1) is 12.6. The number of fused-ring (bicyclic) bond motifs is 1. The minimum atomic E-state index is -0.0567. The number of halogens is 1. The van der Waals surface area contributed by atoms with Crippen molar-refractivity contribution in [2.75, 3.05) is 11.2 Å². The van der Waals surface area contributed by atoms with Crippen LogP contribution in [0.2, 0.25) is 0 Å². The van der Waals surface area contributed by atoms with E-state index in [1.165, 1.54) is 4.88 Å². The van der Waals surface area contributed by atoms with Gasteiger partial charge in [-0.1, -0.05) is 0 Å². The number of hydrogen-bond donors (Lipinski definition) is 1. The maximum Gasteiger partial charge on any atom is 0.138 e. The summed E-state index contributed by atoms with van der Waals surface area (Å²) in [5.74, 6) is 1.53. The third-order valence-corrected chi connectivity index (χ3v) is 3.78. The first-order valence-corrected chi connectivity index (χ1v) is 6.92. The lowest BCUT2D eigenvalue weighted by Gasteiger charge is -2.26. The normalized spacial score (nSPS) is 12.0. The van der Waals surface area contributed by atoms with Gasteiger partial charge in [-0.2, -0.15) is 0 Å². The summed E-state index contributed by atoms with van der Waals surface area (Å²) in [5, 5.41) is 4.54. The molecule has 2 aromatic heterocycles. The summed E-state index contributed by atoms with van der Waals surface area (Å²) in [6.45, 7) is 6.34. The molecule has 0 spiro atoms. The van der Waals surface area contributed by atoms with Gasteiger partial charge in [-0.15, -0.1) is 22.9 Å². The maximum atomic E-state index is 5.80. The summed E-state index contributed by atoms with van der Waals surface area (Å²) in [6, 6.07) is 2.12. The number of hydrogen-bond acceptors (Lipinski definition) is 4. The Balaban J connectivity index is 2.35. The molecular formula is C12H16ClN3S. The van der Waals surface area contributed by atoms with Crippen molar-refractivity contribution >= 4 is 39.0 Å². The lowest BCUT2D eigenvalue weighted by atomic mass is 10.0. The lowest BCUT2D eigenvalue weighted by molar-refractivity contribution is 0.549. The smallest absolute Gasteiger partial charge is 0.138 e. The van der Waals surface area contributed by atoms with Crippen LogP contribution in [0.3, 0.4) is 0 Å². The summed E-state index contributed by atoms with van der Waals surface area (Å²) in [6.07, 6.45) is 2.50. The zero-order valence-electron chi connectivity index (χ0n) is 10.2. The molecule has 0 amide bonds. The number of aryl methyl sites for hydroxylation is 1. The van der Waals surface area contributed by atoms with Gasteiger partial charge in [0, 0.05) is 16.3 Å². The molecule has 5 heteroatoms. The third-order valence-electron chi connectivity index (χ3n) is 2.63. The molecule has 3 nitrogen and oxygen atoms in total. The fourth-order valence-electron chi connectivity index (χ4n) is 1.69. The first-order valence-electron chi connectivity index (χ1n) is 5.57. The highest BCUT2D eigenvalue weighted by molar-refractivity contribution is 7.18. The standard InChI is InChI=1S/C12H16ClN3S/c1-8-6-9-10(14-7-15-11(9)17-8)16-12(2,3)4-5-13/h6-7H,4-5H2,1-3H3,(H,14,15,16). The number of nitrogens with zero attached hydrogens (tertiary/aromatic N) is 2. The van der Waals surface area contributed by atoms with Crippen molar-refractivity contribution < 1.29 is 0 Å². The molecule has 2 rings (SSSR count). The van der Waals surface area contributed by atoms with Crippen LogP contribution < -0.4 is 5.32 Å². The molecule has 0 bridgehead atoms. The number of rotatable bonds is 4. The Labute approximate surface area is 110 Å². The Morgan fingerprint density at radius 3 is 2.88 bits per heavy atom. The zero-order valence-corrected chi connectivity index (χ0v) is 11.8. The Hall–Kier alpha value is -0.870. The van der Waals surface area contributed by atoms with Gasteiger partial charge in [-0.25, -0.2) is 9.97 Å². The predicted octanol–water partition coefficient (Wildman–Crippen LogP) is 3.82. The van der Waals surface area contributed by atoms with Crippen LogP contribution >= 0.6 is 22.9 Å². The maximum absolute atomic E-state index is 5.80. The van der Waals surface area contributed by atoms with Crippen molar-refractivity contribution in [3.8, 4) is 0 Å². The van der Waals surface area contributed by atoms with Crippen LogP contribution in [0.4, 0.5) is 5.82 Å². The predicted molar refractivity (Wildman–Crippen MR) is 75.2 cm³/mol. The van der Waals surface area contributed by atoms with Crippen molar-refractivity contribution in [1.29, 1.82) is 0 Å². The second kappa shape index (κ2) is 4.78. The van der Waals surface area contributed by atoms with E-state index in [1.54, 1.807) is 17.7 Å². The lowest BCUT2D eigenvalue weighted by Crippen LogP contribution is -2.31. The topological polar surface area (TPSA) is 37.8 Å². The van der Waals surface area contributed by atoms with Crippen LogP contribution in [0.15, 0.2) is 12.4 Å². The summed E-state index contributed by atoms with van der Waals surface area (Å²) in [7, 11) is 0. The van der Waals surface area contributed by atoms with E-state index in [2.05, 4.69) is 42.1 Å². The molecule has 0 aliphatic rings. The molecule has 0 saturated carbocycles. The molecule has 1 N–H and O–H groups in total. The SMILES string of the molecule is Cc1cc2c(NC(C)(C)CCCl)ncnc2s1. The molecule has 0 atom stereocenters. The largest absolute Gasteiger partial charge is 0.365 e. The second-order valence-corrected chi connectivity index (χ2v) is 6.36. The molecule has 0 radical (unpaired) electrons. The summed E-state index contributed by atoms with van der Waals surface area (Å²) >= 11 is 7.49. The van der Waals surface area contributed by atoms with Crippen LogP contribution in [-0.2, 0) is 0 Å². The molecular weight excluding hydrogens is 254 g/mol. The van der Waals surface area contributed by atoms with Gasteiger partial charge in [0.25, 0.3) is 0 Å². The van der Waals surface area contributed by atoms with E-state index in [9.17, 15) is 0 Å². The summed E-state index contributed by atoms with van der Waals surface area (Å²) in [4.78, 5) is 10.9. The minimum absolute atomic E-state index is 0.0567. The summed E-state index contributed by atoms with van der Waals surface area (Å²) < 4.78 is 0. The van der Waals surface area contributed by atoms with Gasteiger partial charge in [0.2, 0.25) is 0 Å². The molecule has 2 aromatic rings. The van der Waals surface area contributed by atoms with Crippen LogP contribution in [0.25, 0.3) is 10.2 Å². The highest BCUT2D eigenvalue weighted by Crippen LogP contribution is 2.29. The molecule has 92 valence electrons. The highest BCUT2D eigenvalue weighted by Gasteiger charge is 2.19. The third kappa shape index (κ3) is 2.87. The van der Waals surface area contributed by atoms with Crippen LogP contribution in [0.1, 0.15) is 25.1 Å². The van der Waals surface area contributed by atoms with Gasteiger partial charge in [0.05, 0.1) is 5.39 Å². The minimum Gasteiger partial charge on any atom is -0.365 e. The second-order valence-electron chi connectivity index (χ2n) is 4.75. The quantitative estimate of drug-likeness (QED) is 0.858. The van der Waals surface area contributed by atoms with Gasteiger partial charge in [0.1, 0.15) is 17.0 Å². The molecule has 0 aliphatic carbocycles. The van der Waals surface area contributed by atoms with E-state index < -0.39 is 0 Å². The highest BCUT2D eigenvalue weighted by atomic mass is 35.5. The number of aromatic nitrogens is 2. The van der Waals surface area contributed by atoms with Gasteiger partial charge < -0.3 is 5.32 Å². The number of nitrogens with one attached hydrogen (secondary N) is 1. The van der Waals surface area contributed by atoms with E-state index >= 15 is 0 Å². The Kier molecular flexibility index (Phi) is 3.54. The van der Waals surface area contributed by atoms with Crippen LogP contribution in [-0.4, -0.2) is 21.4 Å². The Bertz CT molecular complexity index is 521. The zero-order chi connectivity index (χ0) is 12.5. The number of thiophene rings is 1. The van der Waals surface area contributed by atoms with Crippen molar-refractivity contribution in [1.82, 2.24) is 9.97 Å². The Morgan fingerprint density at radius 1 is 1.41 bits per heavy atom. The molecule has 17 heavy (non-hydrogen) atoms. The fraction of sp³-hybridized carbons (Fsp3) is 0.500. The average molecular weight is 270 g/mol. The average Bonchev–Trinajstić information content (AvgIpc) is 2.58. The van der Waals surface area contributed by atoms with E-state index in [0.717, 1.165) is 22.5 Å². The molecule has 0 aromatic carbocycles. The molecule has 0 saturated heterocycles. The van der Waals surface area contributed by atoms with Crippen LogP contribution in [0, 0.1) is 6.92 Å². The number of alkyl halides is 1. The molecule has 0 unspecified atom stereocenters. The fourth-order valence-corrected chi connectivity index (χ4v) is 3.01. The van der Waals surface area contributed by atoms with Gasteiger partial charge in [0.15, 0.2) is 0 Å². The van der Waals surface area contributed by atoms with Crippen LogP contribution in [0.5, 0.6) is 0 Å². The molecule has 2 heterocycles. The molecule has 0 fully saturated rings. The Morgan fingerprint density at radius 2 is 2.18 bits per heavy atom. The van der Waals surface area contributed by atoms with E-state index in [-0.39, 0.29) is 5.54 Å². The van der Waals surface area contributed by atoms with E-state index in [4.69, 9.17) is 11.6 Å². The summed E-state index contributed by atoms with van der Waals surface area (Å²) in [5.41, 5.74) is -0.0567. The van der Waals surface area contributed by atoms with Gasteiger partial charge in [-0.05, 0) is 33.3 Å². The van der Waals surface area contributed by atoms with Crippen molar-refractivity contribution in [3.63, 3.8) is 0 Å². The molecule has 0 aliphatic heterocycles. The first-order chi connectivity index (χ1) is 8.02. The van der Waals surface area contributed by atoms with Crippen molar-refractivity contribution in [3.05, 3.63) is 17.3 Å². The monoisotopic (exact) mass is 269 g/mol.